The Labute approximate surface area is 161 Å². The Kier molecular flexibility index (Phi) is 5.46. The standard InChI is InChI=1S/C20H20ClN3O3/c1-3-23-19(26)16-6-4-5-7-17(16)24(20(23)27)12-18(25)22-13(2)14-8-10-15(21)11-9-14/h4-11,13H,3,12H2,1-2H3,(H,22,25). The molecule has 27 heavy (non-hydrogen) atoms. The highest BCUT2D eigenvalue weighted by molar-refractivity contribution is 6.30. The number of nitrogens with one attached hydrogen (secondary N) is 1. The minimum atomic E-state index is -0.490. The van der Waals surface area contributed by atoms with Crippen molar-refractivity contribution in [2.45, 2.75) is 33.0 Å². The third-order valence-corrected chi connectivity index (χ3v) is 4.75. The van der Waals surface area contributed by atoms with E-state index in [0.29, 0.717) is 15.9 Å². The Morgan fingerprint density at radius 2 is 1.74 bits per heavy atom. The van der Waals surface area contributed by atoms with Crippen LogP contribution in [0.3, 0.4) is 0 Å². The van der Waals surface area contributed by atoms with Crippen LogP contribution in [-0.4, -0.2) is 15.0 Å². The molecule has 7 heteroatoms. The van der Waals surface area contributed by atoms with Crippen molar-refractivity contribution in [2.24, 2.45) is 0 Å². The summed E-state index contributed by atoms with van der Waals surface area (Å²) in [6.07, 6.45) is 0. The van der Waals surface area contributed by atoms with Crippen molar-refractivity contribution >= 4 is 28.4 Å². The van der Waals surface area contributed by atoms with E-state index >= 15 is 0 Å². The first-order valence-electron chi connectivity index (χ1n) is 8.69. The van der Waals surface area contributed by atoms with Crippen LogP contribution in [-0.2, 0) is 17.9 Å². The summed E-state index contributed by atoms with van der Waals surface area (Å²) in [5, 5.41) is 3.92. The number of hydrogen-bond acceptors (Lipinski definition) is 3. The minimum absolute atomic E-state index is 0.169. The van der Waals surface area contributed by atoms with Gasteiger partial charge >= 0.3 is 5.69 Å². The quantitative estimate of drug-likeness (QED) is 0.733. The van der Waals surface area contributed by atoms with Crippen LogP contribution < -0.4 is 16.6 Å². The molecule has 2 aromatic carbocycles. The maximum Gasteiger partial charge on any atom is 0.331 e. The molecule has 1 unspecified atom stereocenters. The summed E-state index contributed by atoms with van der Waals surface area (Å²) in [7, 11) is 0. The molecule has 1 aromatic heterocycles. The summed E-state index contributed by atoms with van der Waals surface area (Å²) in [5.41, 5.74) is 0.523. The molecule has 0 bridgehead atoms. The smallest absolute Gasteiger partial charge is 0.331 e. The molecule has 1 N–H and O–H groups in total. The van der Waals surface area contributed by atoms with Gasteiger partial charge in [-0.2, -0.15) is 0 Å². The van der Waals surface area contributed by atoms with Crippen LogP contribution in [0.2, 0.25) is 5.02 Å². The molecule has 1 atom stereocenters. The molecule has 0 radical (unpaired) electrons. The third kappa shape index (κ3) is 3.80. The zero-order chi connectivity index (χ0) is 19.6. The largest absolute Gasteiger partial charge is 0.348 e. The molecule has 0 saturated heterocycles. The highest BCUT2D eigenvalue weighted by Gasteiger charge is 2.16. The lowest BCUT2D eigenvalue weighted by Gasteiger charge is -2.17. The first kappa shape index (κ1) is 18.9. The van der Waals surface area contributed by atoms with Gasteiger partial charge in [0.2, 0.25) is 5.91 Å². The molecular formula is C20H20ClN3O3. The molecule has 0 spiro atoms. The Balaban J connectivity index is 1.92. The second-order valence-electron chi connectivity index (χ2n) is 6.28. The zero-order valence-electron chi connectivity index (χ0n) is 15.1. The normalized spacial score (nSPS) is 12.1. The van der Waals surface area contributed by atoms with Crippen molar-refractivity contribution in [3.8, 4) is 0 Å². The topological polar surface area (TPSA) is 73.1 Å². The number of rotatable bonds is 5. The summed E-state index contributed by atoms with van der Waals surface area (Å²) in [4.78, 5) is 37.7. The molecule has 0 aliphatic heterocycles. The van der Waals surface area contributed by atoms with Gasteiger partial charge in [0.25, 0.3) is 5.56 Å². The minimum Gasteiger partial charge on any atom is -0.348 e. The van der Waals surface area contributed by atoms with Crippen LogP contribution in [0, 0.1) is 0 Å². The van der Waals surface area contributed by atoms with Gasteiger partial charge in [-0.15, -0.1) is 0 Å². The van der Waals surface area contributed by atoms with Crippen LogP contribution in [0.5, 0.6) is 0 Å². The number of amides is 1. The Morgan fingerprint density at radius 1 is 1.07 bits per heavy atom. The van der Waals surface area contributed by atoms with Crippen LogP contribution in [0.1, 0.15) is 25.5 Å². The zero-order valence-corrected chi connectivity index (χ0v) is 15.9. The number of benzene rings is 2. The third-order valence-electron chi connectivity index (χ3n) is 4.50. The molecule has 0 aliphatic carbocycles. The van der Waals surface area contributed by atoms with E-state index in [-0.39, 0.29) is 30.6 Å². The van der Waals surface area contributed by atoms with E-state index in [2.05, 4.69) is 5.32 Å². The van der Waals surface area contributed by atoms with Crippen LogP contribution >= 0.6 is 11.6 Å². The van der Waals surface area contributed by atoms with Gasteiger partial charge < -0.3 is 5.32 Å². The highest BCUT2D eigenvalue weighted by Crippen LogP contribution is 2.16. The van der Waals surface area contributed by atoms with Crippen LogP contribution in [0.25, 0.3) is 10.9 Å². The van der Waals surface area contributed by atoms with E-state index < -0.39 is 5.69 Å². The monoisotopic (exact) mass is 385 g/mol. The van der Waals surface area contributed by atoms with E-state index in [1.54, 1.807) is 43.3 Å². The van der Waals surface area contributed by atoms with E-state index in [0.717, 1.165) is 10.1 Å². The van der Waals surface area contributed by atoms with Crippen molar-refractivity contribution < 1.29 is 4.79 Å². The Bertz CT molecular complexity index is 1100. The van der Waals surface area contributed by atoms with Crippen molar-refractivity contribution in [1.82, 2.24) is 14.5 Å². The van der Waals surface area contributed by atoms with Gasteiger partial charge in [0.15, 0.2) is 0 Å². The Hall–Kier alpha value is -2.86. The fourth-order valence-corrected chi connectivity index (χ4v) is 3.19. The highest BCUT2D eigenvalue weighted by atomic mass is 35.5. The SMILES string of the molecule is CCn1c(=O)c2ccccc2n(CC(=O)NC(C)c2ccc(Cl)cc2)c1=O. The first-order chi connectivity index (χ1) is 12.9. The fraction of sp³-hybridized carbons (Fsp3) is 0.250. The molecule has 6 nitrogen and oxygen atoms in total. The second kappa shape index (κ2) is 7.80. The predicted molar refractivity (Wildman–Crippen MR) is 106 cm³/mol. The van der Waals surface area contributed by atoms with Gasteiger partial charge in [0, 0.05) is 11.6 Å². The number of halogens is 1. The lowest BCUT2D eigenvalue weighted by Crippen LogP contribution is -2.42. The van der Waals surface area contributed by atoms with Gasteiger partial charge in [-0.3, -0.25) is 18.7 Å². The van der Waals surface area contributed by atoms with Crippen molar-refractivity contribution in [3.05, 3.63) is 80.0 Å². The molecule has 3 aromatic rings. The average Bonchev–Trinajstić information content (AvgIpc) is 2.66. The van der Waals surface area contributed by atoms with E-state index in [1.807, 2.05) is 19.1 Å². The second-order valence-corrected chi connectivity index (χ2v) is 6.71. The molecule has 0 saturated carbocycles. The fourth-order valence-electron chi connectivity index (χ4n) is 3.07. The summed E-state index contributed by atoms with van der Waals surface area (Å²) < 4.78 is 2.47. The number of aromatic nitrogens is 2. The summed E-state index contributed by atoms with van der Waals surface area (Å²) in [5.74, 6) is -0.314. The molecule has 1 amide bonds. The van der Waals surface area contributed by atoms with E-state index in [1.165, 1.54) is 4.57 Å². The summed E-state index contributed by atoms with van der Waals surface area (Å²) >= 11 is 5.89. The molecule has 140 valence electrons. The van der Waals surface area contributed by atoms with Gasteiger partial charge in [0.05, 0.1) is 16.9 Å². The first-order valence-corrected chi connectivity index (χ1v) is 9.07. The molecule has 0 fully saturated rings. The molecule has 3 rings (SSSR count). The van der Waals surface area contributed by atoms with Crippen molar-refractivity contribution in [3.63, 3.8) is 0 Å². The summed E-state index contributed by atoms with van der Waals surface area (Å²) in [6, 6.07) is 13.8. The van der Waals surface area contributed by atoms with E-state index in [9.17, 15) is 14.4 Å². The Morgan fingerprint density at radius 3 is 2.41 bits per heavy atom. The van der Waals surface area contributed by atoms with Crippen molar-refractivity contribution in [2.75, 3.05) is 0 Å². The number of nitrogens with zero attached hydrogens (tertiary/aromatic N) is 2. The maximum absolute atomic E-state index is 12.7. The molecule has 1 heterocycles. The molecule has 0 aliphatic rings. The lowest BCUT2D eigenvalue weighted by molar-refractivity contribution is -0.122. The van der Waals surface area contributed by atoms with E-state index in [4.69, 9.17) is 11.6 Å². The number of para-hydroxylation sites is 1. The van der Waals surface area contributed by atoms with Gasteiger partial charge in [-0.05, 0) is 43.7 Å². The van der Waals surface area contributed by atoms with Crippen molar-refractivity contribution in [1.29, 1.82) is 0 Å². The maximum atomic E-state index is 12.7. The number of hydrogen-bond donors (Lipinski definition) is 1. The van der Waals surface area contributed by atoms with Crippen LogP contribution in [0.15, 0.2) is 58.1 Å². The summed E-state index contributed by atoms with van der Waals surface area (Å²) in [6.45, 7) is 3.66. The van der Waals surface area contributed by atoms with Gasteiger partial charge in [0.1, 0.15) is 6.54 Å². The average molecular weight is 386 g/mol. The van der Waals surface area contributed by atoms with Gasteiger partial charge in [-0.25, -0.2) is 4.79 Å². The molecular weight excluding hydrogens is 366 g/mol. The van der Waals surface area contributed by atoms with Crippen LogP contribution in [0.4, 0.5) is 0 Å². The lowest BCUT2D eigenvalue weighted by atomic mass is 10.1. The number of carbonyl (C=O) groups excluding carboxylic acids is 1. The number of fused-ring (bicyclic) bond motifs is 1. The van der Waals surface area contributed by atoms with Gasteiger partial charge in [-0.1, -0.05) is 35.9 Å². The number of carbonyl (C=O) groups is 1. The predicted octanol–water partition coefficient (Wildman–Crippen LogP) is 2.71.